The molecule has 0 spiro atoms. The lowest BCUT2D eigenvalue weighted by Crippen LogP contribution is -2.50. The Kier molecular flexibility index (Phi) is 2.20. The fourth-order valence-electron chi connectivity index (χ4n) is 0.705. The van der Waals surface area contributed by atoms with Crippen molar-refractivity contribution in [3.05, 3.63) is 0 Å². The van der Waals surface area contributed by atoms with Gasteiger partial charge in [-0.3, -0.25) is 15.2 Å². The smallest absolute Gasteiger partial charge is 0.285 e. The lowest BCUT2D eigenvalue weighted by atomic mass is 10.5. The number of halogens is 3. The van der Waals surface area contributed by atoms with Gasteiger partial charge >= 0.3 is 6.18 Å². The number of carbonyl (C=O) groups excluding carboxylic acids is 1. The van der Waals surface area contributed by atoms with Crippen molar-refractivity contribution in [1.82, 2.24) is 10.4 Å². The minimum atomic E-state index is -4.38. The molecular formula is C5H6F3N3O. The van der Waals surface area contributed by atoms with Gasteiger partial charge in [0.2, 0.25) is 0 Å². The van der Waals surface area contributed by atoms with Crippen LogP contribution in [0.3, 0.4) is 0 Å². The fraction of sp³-hybridized carbons (Fsp3) is 0.600. The van der Waals surface area contributed by atoms with Crippen molar-refractivity contribution in [2.45, 2.75) is 6.18 Å². The second kappa shape index (κ2) is 3.00. The Morgan fingerprint density at radius 3 is 2.83 bits per heavy atom. The third kappa shape index (κ3) is 2.40. The normalized spacial score (nSPS) is 17.9. The molecule has 4 nitrogen and oxygen atoms in total. The first-order valence-corrected chi connectivity index (χ1v) is 3.10. The highest BCUT2D eigenvalue weighted by Crippen LogP contribution is 2.15. The van der Waals surface area contributed by atoms with Crippen molar-refractivity contribution in [2.75, 3.05) is 13.1 Å². The Morgan fingerprint density at radius 2 is 2.33 bits per heavy atom. The van der Waals surface area contributed by atoms with E-state index in [1.54, 1.807) is 0 Å². The number of carbonyl (C=O) groups is 1. The van der Waals surface area contributed by atoms with E-state index in [0.717, 1.165) is 6.34 Å². The van der Waals surface area contributed by atoms with Gasteiger partial charge in [0.05, 0.1) is 0 Å². The predicted octanol–water partition coefficient (Wildman–Crippen LogP) is -0.0762. The van der Waals surface area contributed by atoms with Crippen molar-refractivity contribution < 1.29 is 18.0 Å². The number of rotatable bonds is 1. The molecule has 1 N–H and O–H groups in total. The molecule has 0 aliphatic carbocycles. The topological polar surface area (TPSA) is 44.7 Å². The summed E-state index contributed by atoms with van der Waals surface area (Å²) in [6, 6.07) is 0. The standard InChI is InChI=1S/C5H6F3N3O/c6-5(7,8)2-11-4(12)1-9-3-10-11/h3H,1-2H2,(H,9,10). The van der Waals surface area contributed by atoms with Crippen LogP contribution in [0.5, 0.6) is 0 Å². The maximum absolute atomic E-state index is 11.7. The minimum Gasteiger partial charge on any atom is -0.285 e. The molecule has 0 fully saturated rings. The third-order valence-corrected chi connectivity index (χ3v) is 1.17. The Balaban J connectivity index is 2.52. The van der Waals surface area contributed by atoms with Crippen LogP contribution in [0, 0.1) is 0 Å². The van der Waals surface area contributed by atoms with Crippen LogP contribution < -0.4 is 5.43 Å². The van der Waals surface area contributed by atoms with Crippen molar-refractivity contribution in [3.8, 4) is 0 Å². The van der Waals surface area contributed by atoms with Gasteiger partial charge in [-0.2, -0.15) is 13.2 Å². The molecule has 0 aromatic rings. The molecule has 0 saturated heterocycles. The van der Waals surface area contributed by atoms with E-state index in [-0.39, 0.29) is 6.54 Å². The second-order valence-electron chi connectivity index (χ2n) is 2.19. The van der Waals surface area contributed by atoms with E-state index >= 15 is 0 Å². The molecule has 1 heterocycles. The maximum Gasteiger partial charge on any atom is 0.408 e. The molecule has 0 aromatic heterocycles. The SMILES string of the molecule is O=C1CN=CNN1CC(F)(F)F. The molecule has 1 rings (SSSR count). The fourth-order valence-corrected chi connectivity index (χ4v) is 0.705. The monoisotopic (exact) mass is 181 g/mol. The highest BCUT2D eigenvalue weighted by Gasteiger charge is 2.33. The third-order valence-electron chi connectivity index (χ3n) is 1.17. The van der Waals surface area contributed by atoms with Crippen LogP contribution in [0.2, 0.25) is 0 Å². The Labute approximate surface area is 66.0 Å². The van der Waals surface area contributed by atoms with Gasteiger partial charge in [0.25, 0.3) is 5.91 Å². The molecule has 0 aromatic carbocycles. The van der Waals surface area contributed by atoms with Crippen molar-refractivity contribution >= 4 is 12.2 Å². The van der Waals surface area contributed by atoms with Crippen molar-refractivity contribution in [2.24, 2.45) is 4.99 Å². The van der Waals surface area contributed by atoms with Gasteiger partial charge in [-0.15, -0.1) is 0 Å². The molecule has 0 unspecified atom stereocenters. The van der Waals surface area contributed by atoms with E-state index < -0.39 is 18.6 Å². The number of nitrogens with one attached hydrogen (secondary N) is 1. The van der Waals surface area contributed by atoms with Gasteiger partial charge in [0, 0.05) is 0 Å². The maximum atomic E-state index is 11.7. The van der Waals surface area contributed by atoms with Crippen LogP contribution in [0.4, 0.5) is 13.2 Å². The summed E-state index contributed by atoms with van der Waals surface area (Å²) in [7, 11) is 0. The largest absolute Gasteiger partial charge is 0.408 e. The van der Waals surface area contributed by atoms with E-state index in [4.69, 9.17) is 0 Å². The first kappa shape index (κ1) is 8.82. The highest BCUT2D eigenvalue weighted by molar-refractivity contribution is 5.83. The Bertz CT molecular complexity index is 212. The van der Waals surface area contributed by atoms with Crippen molar-refractivity contribution in [1.29, 1.82) is 0 Å². The number of aliphatic imine (C=N–C) groups is 1. The number of hydrazine groups is 1. The zero-order valence-electron chi connectivity index (χ0n) is 5.93. The van der Waals surface area contributed by atoms with Gasteiger partial charge in [-0.1, -0.05) is 0 Å². The quantitative estimate of drug-likeness (QED) is 0.615. The minimum absolute atomic E-state index is 0.233. The summed E-state index contributed by atoms with van der Waals surface area (Å²) >= 11 is 0. The molecule has 0 saturated carbocycles. The first-order chi connectivity index (χ1) is 5.49. The summed E-state index contributed by atoms with van der Waals surface area (Å²) in [6.45, 7) is -1.53. The summed E-state index contributed by atoms with van der Waals surface area (Å²) in [5.41, 5.74) is 2.10. The van der Waals surface area contributed by atoms with Gasteiger partial charge in [0.15, 0.2) is 0 Å². The lowest BCUT2D eigenvalue weighted by molar-refractivity contribution is -0.164. The molecule has 12 heavy (non-hydrogen) atoms. The molecule has 0 atom stereocenters. The van der Waals surface area contributed by atoms with Gasteiger partial charge in [-0.05, 0) is 0 Å². The first-order valence-electron chi connectivity index (χ1n) is 3.10. The summed E-state index contributed by atoms with van der Waals surface area (Å²) in [5.74, 6) is -0.685. The zero-order chi connectivity index (χ0) is 9.19. The summed E-state index contributed by atoms with van der Waals surface area (Å²) < 4.78 is 35.2. The molecule has 0 bridgehead atoms. The van der Waals surface area contributed by atoms with Crippen LogP contribution in [-0.4, -0.2) is 36.5 Å². The van der Waals surface area contributed by atoms with E-state index in [1.165, 1.54) is 0 Å². The highest BCUT2D eigenvalue weighted by atomic mass is 19.4. The molecule has 1 amide bonds. The van der Waals surface area contributed by atoms with Crippen LogP contribution in [0.15, 0.2) is 4.99 Å². The molecule has 68 valence electrons. The molecular weight excluding hydrogens is 175 g/mol. The Morgan fingerprint density at radius 1 is 1.67 bits per heavy atom. The number of alkyl halides is 3. The molecule has 0 radical (unpaired) electrons. The summed E-state index contributed by atoms with van der Waals surface area (Å²) in [5, 5.41) is 0.479. The molecule has 1 aliphatic rings. The van der Waals surface area contributed by atoms with Crippen LogP contribution in [0.25, 0.3) is 0 Å². The molecule has 7 heteroatoms. The van der Waals surface area contributed by atoms with E-state index in [0.29, 0.717) is 5.01 Å². The molecule has 1 aliphatic heterocycles. The van der Waals surface area contributed by atoms with E-state index in [1.807, 2.05) is 0 Å². The van der Waals surface area contributed by atoms with Gasteiger partial charge in [0.1, 0.15) is 19.4 Å². The Hall–Kier alpha value is -1.27. The number of hydrogen-bond acceptors (Lipinski definition) is 3. The number of amides is 1. The van der Waals surface area contributed by atoms with E-state index in [9.17, 15) is 18.0 Å². The predicted molar refractivity (Wildman–Crippen MR) is 34.3 cm³/mol. The number of nitrogens with zero attached hydrogens (tertiary/aromatic N) is 2. The van der Waals surface area contributed by atoms with Crippen molar-refractivity contribution in [3.63, 3.8) is 0 Å². The average Bonchev–Trinajstić information content (AvgIpc) is 1.91. The van der Waals surface area contributed by atoms with Gasteiger partial charge in [-0.25, -0.2) is 5.01 Å². The van der Waals surface area contributed by atoms with Gasteiger partial charge < -0.3 is 0 Å². The van der Waals surface area contributed by atoms with E-state index in [2.05, 4.69) is 10.4 Å². The number of hydrogen-bond donors (Lipinski definition) is 1. The summed E-state index contributed by atoms with van der Waals surface area (Å²) in [4.78, 5) is 14.2. The second-order valence-corrected chi connectivity index (χ2v) is 2.19. The summed E-state index contributed by atoms with van der Waals surface area (Å²) in [6.07, 6.45) is -3.32. The van der Waals surface area contributed by atoms with Crippen LogP contribution in [-0.2, 0) is 4.79 Å². The average molecular weight is 181 g/mol. The lowest BCUT2D eigenvalue weighted by Gasteiger charge is -2.24. The van der Waals surface area contributed by atoms with Crippen LogP contribution in [0.1, 0.15) is 0 Å². The van der Waals surface area contributed by atoms with Crippen LogP contribution >= 0.6 is 0 Å². The zero-order valence-corrected chi connectivity index (χ0v) is 5.93.